The van der Waals surface area contributed by atoms with Gasteiger partial charge in [0.25, 0.3) is 5.56 Å². The molecule has 0 saturated heterocycles. The highest BCUT2D eigenvalue weighted by Crippen LogP contribution is 2.17. The average molecular weight is 259 g/mol. The first-order chi connectivity index (χ1) is 6.18. The second-order valence-electron chi connectivity index (χ2n) is 2.62. The molecule has 66 valence electrons. The van der Waals surface area contributed by atoms with E-state index in [1.165, 1.54) is 10.5 Å². The summed E-state index contributed by atoms with van der Waals surface area (Å²) in [5.41, 5.74) is 0.734. The molecule has 2 aromatic heterocycles. The van der Waals surface area contributed by atoms with Gasteiger partial charge in [-0.25, -0.2) is 0 Å². The number of pyridine rings is 2. The maximum Gasteiger partial charge on any atom is 0.255 e. The Bertz CT molecular complexity index is 520. The molecule has 0 bridgehead atoms. The molecule has 0 saturated carbocycles. The summed E-state index contributed by atoms with van der Waals surface area (Å²) in [5, 5.41) is 0.549. The van der Waals surface area contributed by atoms with Gasteiger partial charge in [0.2, 0.25) is 0 Å². The number of aromatic nitrogens is 1. The van der Waals surface area contributed by atoms with E-state index in [4.69, 9.17) is 11.6 Å². The molecule has 2 heterocycles. The largest absolute Gasteiger partial charge is 0.282 e. The van der Waals surface area contributed by atoms with Gasteiger partial charge in [-0.3, -0.25) is 9.20 Å². The summed E-state index contributed by atoms with van der Waals surface area (Å²) in [4.78, 5) is 11.4. The first kappa shape index (κ1) is 8.78. The van der Waals surface area contributed by atoms with Gasteiger partial charge in [0.05, 0.1) is 10.5 Å². The van der Waals surface area contributed by atoms with E-state index in [0.29, 0.717) is 5.02 Å². The standard InChI is InChI=1S/C9H5BrClNO/c10-7-2-4-9(13)12-5-6(11)1-3-8(7)12/h1-5H. The Labute approximate surface area is 87.9 Å². The molecule has 2 aromatic rings. The van der Waals surface area contributed by atoms with Gasteiger partial charge < -0.3 is 0 Å². The molecule has 0 atom stereocenters. The van der Waals surface area contributed by atoms with E-state index in [1.807, 2.05) is 0 Å². The molecule has 0 unspecified atom stereocenters. The van der Waals surface area contributed by atoms with Crippen LogP contribution in [0.3, 0.4) is 0 Å². The highest BCUT2D eigenvalue weighted by molar-refractivity contribution is 9.10. The summed E-state index contributed by atoms with van der Waals surface area (Å²) >= 11 is 9.12. The van der Waals surface area contributed by atoms with Crippen LogP contribution >= 0.6 is 27.5 Å². The maximum absolute atomic E-state index is 11.4. The van der Waals surface area contributed by atoms with Gasteiger partial charge in [-0.15, -0.1) is 0 Å². The normalized spacial score (nSPS) is 10.6. The first-order valence-electron chi connectivity index (χ1n) is 3.65. The van der Waals surface area contributed by atoms with E-state index in [2.05, 4.69) is 15.9 Å². The zero-order valence-electron chi connectivity index (χ0n) is 6.50. The average Bonchev–Trinajstić information content (AvgIpc) is 2.12. The summed E-state index contributed by atoms with van der Waals surface area (Å²) in [6, 6.07) is 6.77. The molecule has 0 fully saturated rings. The predicted octanol–water partition coefficient (Wildman–Crippen LogP) is 2.72. The van der Waals surface area contributed by atoms with Crippen molar-refractivity contribution in [3.8, 4) is 0 Å². The van der Waals surface area contributed by atoms with Crippen LogP contribution in [0.15, 0.2) is 39.7 Å². The third-order valence-electron chi connectivity index (χ3n) is 1.77. The highest BCUT2D eigenvalue weighted by atomic mass is 79.9. The predicted molar refractivity (Wildman–Crippen MR) is 56.4 cm³/mol. The van der Waals surface area contributed by atoms with E-state index in [0.717, 1.165) is 9.99 Å². The second-order valence-corrected chi connectivity index (χ2v) is 3.91. The lowest BCUT2D eigenvalue weighted by Gasteiger charge is -2.01. The number of hydrogen-bond acceptors (Lipinski definition) is 1. The van der Waals surface area contributed by atoms with E-state index < -0.39 is 0 Å². The number of halogens is 2. The Balaban J connectivity index is 3.01. The van der Waals surface area contributed by atoms with Crippen molar-refractivity contribution in [3.63, 3.8) is 0 Å². The molecule has 13 heavy (non-hydrogen) atoms. The zero-order valence-corrected chi connectivity index (χ0v) is 8.84. The van der Waals surface area contributed by atoms with Crippen LogP contribution in [0.1, 0.15) is 0 Å². The SMILES string of the molecule is O=c1ccc(Br)c2ccc(Cl)cn12. The van der Waals surface area contributed by atoms with E-state index in [-0.39, 0.29) is 5.56 Å². The Hall–Kier alpha value is -0.800. The van der Waals surface area contributed by atoms with Gasteiger partial charge in [0, 0.05) is 16.7 Å². The van der Waals surface area contributed by atoms with Crippen molar-refractivity contribution in [1.82, 2.24) is 4.40 Å². The van der Waals surface area contributed by atoms with Crippen molar-refractivity contribution >= 4 is 33.0 Å². The summed E-state index contributed by atoms with van der Waals surface area (Å²) in [5.74, 6) is 0. The molecule has 0 aliphatic rings. The monoisotopic (exact) mass is 257 g/mol. The molecule has 2 rings (SSSR count). The molecule has 0 spiro atoms. The number of nitrogens with zero attached hydrogens (tertiary/aromatic N) is 1. The lowest BCUT2D eigenvalue weighted by Crippen LogP contribution is -2.11. The molecule has 0 aliphatic heterocycles. The number of rotatable bonds is 0. The van der Waals surface area contributed by atoms with Crippen molar-refractivity contribution in [2.75, 3.05) is 0 Å². The smallest absolute Gasteiger partial charge is 0.255 e. The van der Waals surface area contributed by atoms with Crippen molar-refractivity contribution in [1.29, 1.82) is 0 Å². The number of fused-ring (bicyclic) bond motifs is 1. The quantitative estimate of drug-likeness (QED) is 0.712. The summed E-state index contributed by atoms with van der Waals surface area (Å²) in [7, 11) is 0. The molecule has 0 N–H and O–H groups in total. The van der Waals surface area contributed by atoms with Gasteiger partial charge >= 0.3 is 0 Å². The van der Waals surface area contributed by atoms with Gasteiger partial charge in [0.1, 0.15) is 0 Å². The molecular weight excluding hydrogens is 253 g/mol. The first-order valence-corrected chi connectivity index (χ1v) is 4.82. The molecule has 0 amide bonds. The summed E-state index contributed by atoms with van der Waals surface area (Å²) < 4.78 is 2.38. The van der Waals surface area contributed by atoms with Crippen LogP contribution in [0, 0.1) is 0 Å². The fourth-order valence-electron chi connectivity index (χ4n) is 1.16. The lowest BCUT2D eigenvalue weighted by molar-refractivity contribution is 1.09. The summed E-state index contributed by atoms with van der Waals surface area (Å²) in [6.07, 6.45) is 1.60. The Kier molecular flexibility index (Phi) is 2.14. The van der Waals surface area contributed by atoms with Crippen LogP contribution in [0.4, 0.5) is 0 Å². The topological polar surface area (TPSA) is 21.5 Å². The van der Waals surface area contributed by atoms with Crippen LogP contribution in [-0.2, 0) is 0 Å². The van der Waals surface area contributed by atoms with Crippen molar-refractivity contribution in [3.05, 3.63) is 50.3 Å². The zero-order chi connectivity index (χ0) is 9.42. The molecule has 0 aromatic carbocycles. The lowest BCUT2D eigenvalue weighted by atomic mass is 10.3. The molecule has 0 aliphatic carbocycles. The summed E-state index contributed by atoms with van der Waals surface area (Å²) in [6.45, 7) is 0. The molecular formula is C9H5BrClNO. The molecule has 2 nitrogen and oxygen atoms in total. The fraction of sp³-hybridized carbons (Fsp3) is 0. The van der Waals surface area contributed by atoms with Crippen molar-refractivity contribution < 1.29 is 0 Å². The van der Waals surface area contributed by atoms with Gasteiger partial charge in [-0.2, -0.15) is 0 Å². The van der Waals surface area contributed by atoms with E-state index >= 15 is 0 Å². The van der Waals surface area contributed by atoms with Crippen LogP contribution in [0.25, 0.3) is 5.52 Å². The maximum atomic E-state index is 11.4. The van der Waals surface area contributed by atoms with E-state index in [9.17, 15) is 4.79 Å². The number of hydrogen-bond donors (Lipinski definition) is 0. The fourth-order valence-corrected chi connectivity index (χ4v) is 1.78. The van der Waals surface area contributed by atoms with Crippen molar-refractivity contribution in [2.24, 2.45) is 0 Å². The third kappa shape index (κ3) is 1.49. The van der Waals surface area contributed by atoms with Gasteiger partial charge in [-0.05, 0) is 34.1 Å². The minimum atomic E-state index is -0.0827. The van der Waals surface area contributed by atoms with E-state index in [1.54, 1.807) is 24.4 Å². The Morgan fingerprint density at radius 2 is 2.00 bits per heavy atom. The highest BCUT2D eigenvalue weighted by Gasteiger charge is 1.99. The molecule has 0 radical (unpaired) electrons. The second kappa shape index (κ2) is 3.16. The van der Waals surface area contributed by atoms with Crippen LogP contribution in [0.2, 0.25) is 5.02 Å². The minimum Gasteiger partial charge on any atom is -0.282 e. The van der Waals surface area contributed by atoms with Crippen LogP contribution in [-0.4, -0.2) is 4.40 Å². The van der Waals surface area contributed by atoms with Crippen LogP contribution < -0.4 is 5.56 Å². The molecule has 4 heteroatoms. The van der Waals surface area contributed by atoms with Gasteiger partial charge in [-0.1, -0.05) is 11.6 Å². The minimum absolute atomic E-state index is 0.0827. The Morgan fingerprint density at radius 1 is 1.23 bits per heavy atom. The van der Waals surface area contributed by atoms with Gasteiger partial charge in [0.15, 0.2) is 0 Å². The Morgan fingerprint density at radius 3 is 2.77 bits per heavy atom. The third-order valence-corrected chi connectivity index (χ3v) is 2.66. The van der Waals surface area contributed by atoms with Crippen molar-refractivity contribution in [2.45, 2.75) is 0 Å². The van der Waals surface area contributed by atoms with Crippen LogP contribution in [0.5, 0.6) is 0 Å².